The van der Waals surface area contributed by atoms with Crippen LogP contribution in [0.25, 0.3) is 0 Å². The Kier molecular flexibility index (Phi) is 6.53. The Morgan fingerprint density at radius 2 is 1.76 bits per heavy atom. The molecule has 0 aliphatic heterocycles. The van der Waals surface area contributed by atoms with Gasteiger partial charge in [-0.05, 0) is 30.3 Å². The Hall–Kier alpha value is -2.87. The molecular formula is C17H16BrN3O4. The first-order valence-electron chi connectivity index (χ1n) is 7.16. The van der Waals surface area contributed by atoms with E-state index in [0.717, 1.165) is 4.47 Å². The molecule has 7 nitrogen and oxygen atoms in total. The molecule has 2 aromatic carbocycles. The van der Waals surface area contributed by atoms with E-state index in [1.807, 2.05) is 6.07 Å². The fraction of sp³-hybridized carbons (Fsp3) is 0.118. The number of halogens is 1. The summed E-state index contributed by atoms with van der Waals surface area (Å²) in [5.41, 5.74) is 3.20. The third-order valence-electron chi connectivity index (χ3n) is 3.12. The van der Waals surface area contributed by atoms with Crippen LogP contribution >= 0.6 is 15.9 Å². The molecule has 0 atom stereocenters. The molecule has 0 saturated carbocycles. The Morgan fingerprint density at radius 1 is 1.04 bits per heavy atom. The highest BCUT2D eigenvalue weighted by Gasteiger charge is 2.15. The average Bonchev–Trinajstić information content (AvgIpc) is 2.62. The van der Waals surface area contributed by atoms with Crippen molar-refractivity contribution in [2.45, 2.75) is 0 Å². The maximum Gasteiger partial charge on any atom is 0.329 e. The van der Waals surface area contributed by atoms with Crippen molar-refractivity contribution >= 4 is 39.6 Å². The zero-order valence-corrected chi connectivity index (χ0v) is 15.2. The third kappa shape index (κ3) is 5.05. The summed E-state index contributed by atoms with van der Waals surface area (Å²) < 4.78 is 11.1. The zero-order valence-electron chi connectivity index (χ0n) is 13.6. The summed E-state index contributed by atoms with van der Waals surface area (Å²) in [6.07, 6.45) is 1.39. The van der Waals surface area contributed by atoms with Crippen molar-refractivity contribution < 1.29 is 19.1 Å². The number of nitrogens with zero attached hydrogens (tertiary/aromatic N) is 1. The lowest BCUT2D eigenvalue weighted by molar-refractivity contribution is -0.136. The number of ether oxygens (including phenoxy) is 2. The van der Waals surface area contributed by atoms with E-state index in [1.165, 1.54) is 20.4 Å². The number of hydrazone groups is 1. The van der Waals surface area contributed by atoms with Gasteiger partial charge in [0.15, 0.2) is 0 Å². The smallest absolute Gasteiger partial charge is 0.329 e. The van der Waals surface area contributed by atoms with Gasteiger partial charge < -0.3 is 14.8 Å². The molecule has 0 fully saturated rings. The molecule has 0 spiro atoms. The van der Waals surface area contributed by atoms with Crippen LogP contribution in [0, 0.1) is 0 Å². The summed E-state index contributed by atoms with van der Waals surface area (Å²) in [6, 6.07) is 12.1. The van der Waals surface area contributed by atoms with Crippen molar-refractivity contribution in [1.82, 2.24) is 5.43 Å². The van der Waals surface area contributed by atoms with Gasteiger partial charge in [0.25, 0.3) is 0 Å². The zero-order chi connectivity index (χ0) is 18.2. The van der Waals surface area contributed by atoms with Crippen LogP contribution in [0.15, 0.2) is 52.0 Å². The van der Waals surface area contributed by atoms with E-state index in [4.69, 9.17) is 9.47 Å². The lowest BCUT2D eigenvalue weighted by Gasteiger charge is -2.08. The summed E-state index contributed by atoms with van der Waals surface area (Å²) in [5.74, 6) is -0.732. The van der Waals surface area contributed by atoms with Crippen LogP contribution in [0.1, 0.15) is 5.56 Å². The second-order valence-corrected chi connectivity index (χ2v) is 5.66. The van der Waals surface area contributed by atoms with Crippen LogP contribution in [0.4, 0.5) is 5.69 Å². The molecule has 8 heteroatoms. The monoisotopic (exact) mass is 405 g/mol. The number of para-hydroxylation sites is 2. The van der Waals surface area contributed by atoms with E-state index in [2.05, 4.69) is 31.8 Å². The maximum atomic E-state index is 11.9. The SMILES string of the molecule is COc1ccc(Br)cc1/C=N\NC(=O)C(=O)Nc1ccccc1OC. The Labute approximate surface area is 153 Å². The maximum absolute atomic E-state index is 11.9. The predicted molar refractivity (Wildman–Crippen MR) is 98.1 cm³/mol. The normalized spacial score (nSPS) is 10.4. The third-order valence-corrected chi connectivity index (χ3v) is 3.62. The first-order chi connectivity index (χ1) is 12.0. The van der Waals surface area contributed by atoms with Gasteiger partial charge in [-0.3, -0.25) is 9.59 Å². The van der Waals surface area contributed by atoms with Crippen LogP contribution < -0.4 is 20.2 Å². The number of carbonyl (C=O) groups excluding carboxylic acids is 2. The van der Waals surface area contributed by atoms with Crippen molar-refractivity contribution in [2.75, 3.05) is 19.5 Å². The number of carbonyl (C=O) groups is 2. The average molecular weight is 406 g/mol. The minimum atomic E-state index is -0.906. The van der Waals surface area contributed by atoms with Gasteiger partial charge >= 0.3 is 11.8 Å². The Bertz CT molecular complexity index is 808. The highest BCUT2D eigenvalue weighted by atomic mass is 79.9. The fourth-order valence-corrected chi connectivity index (χ4v) is 2.32. The minimum Gasteiger partial charge on any atom is -0.496 e. The van der Waals surface area contributed by atoms with E-state index in [-0.39, 0.29) is 0 Å². The van der Waals surface area contributed by atoms with Crippen molar-refractivity contribution in [3.63, 3.8) is 0 Å². The standard InChI is InChI=1S/C17H16BrN3O4/c1-24-14-8-7-12(18)9-11(14)10-19-21-17(23)16(22)20-13-5-3-4-6-15(13)25-2/h3-10H,1-2H3,(H,20,22)(H,21,23)/b19-10-. The molecule has 2 N–H and O–H groups in total. The number of nitrogens with one attached hydrogen (secondary N) is 2. The van der Waals surface area contributed by atoms with E-state index in [0.29, 0.717) is 22.7 Å². The van der Waals surface area contributed by atoms with Crippen LogP contribution in [-0.4, -0.2) is 32.2 Å². The molecule has 2 rings (SSSR count). The first kappa shape index (κ1) is 18.5. The van der Waals surface area contributed by atoms with Gasteiger partial charge in [-0.1, -0.05) is 28.1 Å². The second kappa shape index (κ2) is 8.84. The van der Waals surface area contributed by atoms with Crippen molar-refractivity contribution in [1.29, 1.82) is 0 Å². The molecule has 0 heterocycles. The summed E-state index contributed by atoms with van der Waals surface area (Å²) in [5, 5.41) is 6.24. The predicted octanol–water partition coefficient (Wildman–Crippen LogP) is 2.56. The lowest BCUT2D eigenvalue weighted by Crippen LogP contribution is -2.32. The molecule has 0 aliphatic carbocycles. The van der Waals surface area contributed by atoms with Crippen molar-refractivity contribution in [3.05, 3.63) is 52.5 Å². The molecule has 0 aliphatic rings. The molecule has 130 valence electrons. The molecule has 0 bridgehead atoms. The highest BCUT2D eigenvalue weighted by Crippen LogP contribution is 2.23. The Morgan fingerprint density at radius 3 is 2.48 bits per heavy atom. The lowest BCUT2D eigenvalue weighted by atomic mass is 10.2. The van der Waals surface area contributed by atoms with Crippen molar-refractivity contribution in [2.24, 2.45) is 5.10 Å². The summed E-state index contributed by atoms with van der Waals surface area (Å²) in [6.45, 7) is 0. The minimum absolute atomic E-state index is 0.391. The number of hydrogen-bond donors (Lipinski definition) is 2. The Balaban J connectivity index is 2.00. The van der Waals surface area contributed by atoms with Crippen LogP contribution in [0.2, 0.25) is 0 Å². The van der Waals surface area contributed by atoms with Crippen LogP contribution in [-0.2, 0) is 9.59 Å². The number of amides is 2. The van der Waals surface area contributed by atoms with Gasteiger partial charge in [-0.15, -0.1) is 0 Å². The first-order valence-corrected chi connectivity index (χ1v) is 7.95. The van der Waals surface area contributed by atoms with Gasteiger partial charge in [-0.2, -0.15) is 5.10 Å². The molecule has 0 saturated heterocycles. The van der Waals surface area contributed by atoms with Gasteiger partial charge in [-0.25, -0.2) is 5.43 Å². The van der Waals surface area contributed by atoms with E-state index >= 15 is 0 Å². The quantitative estimate of drug-likeness (QED) is 0.454. The van der Waals surface area contributed by atoms with E-state index < -0.39 is 11.8 Å². The topological polar surface area (TPSA) is 89.0 Å². The summed E-state index contributed by atoms with van der Waals surface area (Å²) in [4.78, 5) is 23.8. The van der Waals surface area contributed by atoms with Gasteiger partial charge in [0.05, 0.1) is 26.1 Å². The van der Waals surface area contributed by atoms with Gasteiger partial charge in [0.2, 0.25) is 0 Å². The number of benzene rings is 2. The van der Waals surface area contributed by atoms with E-state index in [1.54, 1.807) is 36.4 Å². The highest BCUT2D eigenvalue weighted by molar-refractivity contribution is 9.10. The summed E-state index contributed by atoms with van der Waals surface area (Å²) in [7, 11) is 3.00. The largest absolute Gasteiger partial charge is 0.496 e. The van der Waals surface area contributed by atoms with Gasteiger partial charge in [0.1, 0.15) is 11.5 Å². The number of rotatable bonds is 5. The van der Waals surface area contributed by atoms with Crippen molar-refractivity contribution in [3.8, 4) is 11.5 Å². The number of anilines is 1. The number of hydrogen-bond acceptors (Lipinski definition) is 5. The molecule has 25 heavy (non-hydrogen) atoms. The number of methoxy groups -OCH3 is 2. The van der Waals surface area contributed by atoms with E-state index in [9.17, 15) is 9.59 Å². The molecule has 0 unspecified atom stereocenters. The molecule has 0 aromatic heterocycles. The molecule has 2 amide bonds. The fourth-order valence-electron chi connectivity index (χ4n) is 1.94. The molecule has 0 radical (unpaired) electrons. The summed E-state index contributed by atoms with van der Waals surface area (Å²) >= 11 is 3.34. The van der Waals surface area contributed by atoms with Crippen LogP contribution in [0.3, 0.4) is 0 Å². The van der Waals surface area contributed by atoms with Crippen LogP contribution in [0.5, 0.6) is 11.5 Å². The van der Waals surface area contributed by atoms with Gasteiger partial charge in [0, 0.05) is 10.0 Å². The molecular weight excluding hydrogens is 390 g/mol. The second-order valence-electron chi connectivity index (χ2n) is 4.74. The molecule has 2 aromatic rings.